The summed E-state index contributed by atoms with van der Waals surface area (Å²) in [5.74, 6) is -0.703. The lowest BCUT2D eigenvalue weighted by Crippen LogP contribution is -2.28. The van der Waals surface area contributed by atoms with Crippen molar-refractivity contribution in [1.29, 1.82) is 0 Å². The van der Waals surface area contributed by atoms with Crippen molar-refractivity contribution in [2.45, 2.75) is 6.42 Å². The quantitative estimate of drug-likeness (QED) is 0.487. The van der Waals surface area contributed by atoms with Gasteiger partial charge in [0.1, 0.15) is 0 Å². The Balaban J connectivity index is 2.77. The Hall–Kier alpha value is -1.32. The average Bonchev–Trinajstić information content (AvgIpc) is 2.91. The predicted molar refractivity (Wildman–Crippen MR) is 51.4 cm³/mol. The van der Waals surface area contributed by atoms with Crippen molar-refractivity contribution < 1.29 is 14.3 Å². The van der Waals surface area contributed by atoms with E-state index in [1.54, 1.807) is 14.1 Å². The van der Waals surface area contributed by atoms with Crippen molar-refractivity contribution in [2.24, 2.45) is 11.3 Å². The first-order chi connectivity index (χ1) is 6.49. The molecule has 0 heterocycles. The van der Waals surface area contributed by atoms with Crippen LogP contribution in [0.5, 0.6) is 0 Å². The molecule has 0 spiro atoms. The minimum absolute atomic E-state index is 0.0460. The van der Waals surface area contributed by atoms with Gasteiger partial charge in [-0.1, -0.05) is 6.08 Å². The van der Waals surface area contributed by atoms with Crippen LogP contribution in [0.1, 0.15) is 6.42 Å². The van der Waals surface area contributed by atoms with E-state index in [-0.39, 0.29) is 17.8 Å². The number of hydrogen-bond donors (Lipinski definition) is 0. The molecule has 4 nitrogen and oxygen atoms in total. The van der Waals surface area contributed by atoms with Crippen LogP contribution in [0.4, 0.5) is 0 Å². The molecular weight excluding hydrogens is 182 g/mol. The topological polar surface area (TPSA) is 46.6 Å². The fraction of sp³-hybridized carbons (Fsp3) is 0.600. The molecule has 0 radical (unpaired) electrons. The minimum atomic E-state index is -0.768. The second-order valence-corrected chi connectivity index (χ2v) is 3.73. The highest BCUT2D eigenvalue weighted by Crippen LogP contribution is 2.55. The third-order valence-corrected chi connectivity index (χ3v) is 2.67. The molecule has 2 atom stereocenters. The number of rotatable bonds is 3. The molecule has 0 aromatic heterocycles. The van der Waals surface area contributed by atoms with Crippen molar-refractivity contribution in [1.82, 2.24) is 4.90 Å². The Labute approximate surface area is 83.5 Å². The van der Waals surface area contributed by atoms with Gasteiger partial charge in [-0.05, 0) is 6.42 Å². The zero-order valence-corrected chi connectivity index (χ0v) is 8.74. The average molecular weight is 197 g/mol. The summed E-state index contributed by atoms with van der Waals surface area (Å²) >= 11 is 0. The van der Waals surface area contributed by atoms with Crippen molar-refractivity contribution in [3.63, 3.8) is 0 Å². The number of nitrogens with zero attached hydrogens (tertiary/aromatic N) is 1. The molecule has 78 valence electrons. The van der Waals surface area contributed by atoms with Crippen LogP contribution in [0.15, 0.2) is 12.7 Å². The molecule has 1 rings (SSSR count). The van der Waals surface area contributed by atoms with Gasteiger partial charge < -0.3 is 9.64 Å². The predicted octanol–water partition coefficient (Wildman–Crippen LogP) is 0.440. The summed E-state index contributed by atoms with van der Waals surface area (Å²) < 4.78 is 4.65. The highest BCUT2D eigenvalue weighted by Gasteiger charge is 2.62. The molecule has 1 fully saturated rings. The highest BCUT2D eigenvalue weighted by molar-refractivity contribution is 5.94. The van der Waals surface area contributed by atoms with E-state index in [1.165, 1.54) is 18.1 Å². The maximum atomic E-state index is 11.6. The summed E-state index contributed by atoms with van der Waals surface area (Å²) in [6.45, 7) is 3.58. The number of esters is 1. The van der Waals surface area contributed by atoms with E-state index in [1.807, 2.05) is 0 Å². The number of carbonyl (C=O) groups is 2. The van der Waals surface area contributed by atoms with E-state index in [4.69, 9.17) is 0 Å². The Kier molecular flexibility index (Phi) is 2.64. The van der Waals surface area contributed by atoms with Crippen LogP contribution in [0.3, 0.4) is 0 Å². The lowest BCUT2D eigenvalue weighted by molar-refractivity contribution is -0.147. The van der Waals surface area contributed by atoms with Crippen LogP contribution in [-0.4, -0.2) is 38.0 Å². The lowest BCUT2D eigenvalue weighted by atomic mass is 10.0. The molecule has 0 N–H and O–H groups in total. The smallest absolute Gasteiger partial charge is 0.316 e. The van der Waals surface area contributed by atoms with Crippen LogP contribution < -0.4 is 0 Å². The van der Waals surface area contributed by atoms with Crippen molar-refractivity contribution >= 4 is 11.9 Å². The van der Waals surface area contributed by atoms with Gasteiger partial charge in [0.25, 0.3) is 0 Å². The Bertz CT molecular complexity index is 285. The fourth-order valence-electron chi connectivity index (χ4n) is 1.62. The van der Waals surface area contributed by atoms with E-state index in [2.05, 4.69) is 11.3 Å². The monoisotopic (exact) mass is 197 g/mol. The fourth-order valence-corrected chi connectivity index (χ4v) is 1.62. The third kappa shape index (κ3) is 1.41. The number of methoxy groups -OCH3 is 1. The van der Waals surface area contributed by atoms with Gasteiger partial charge in [0.05, 0.1) is 18.4 Å². The first kappa shape index (κ1) is 10.8. The summed E-state index contributed by atoms with van der Waals surface area (Å²) in [7, 11) is 4.67. The molecule has 0 unspecified atom stereocenters. The SMILES string of the molecule is C=C[C@@]1(C(=O)OC)C[C@H]1C(=O)N(C)C. The third-order valence-electron chi connectivity index (χ3n) is 2.67. The number of hydrogen-bond acceptors (Lipinski definition) is 3. The van der Waals surface area contributed by atoms with Crippen molar-refractivity contribution in [2.75, 3.05) is 21.2 Å². The van der Waals surface area contributed by atoms with Crippen LogP contribution in [0.2, 0.25) is 0 Å². The molecule has 1 saturated carbocycles. The molecule has 1 aliphatic carbocycles. The van der Waals surface area contributed by atoms with Crippen molar-refractivity contribution in [3.05, 3.63) is 12.7 Å². The molecule has 14 heavy (non-hydrogen) atoms. The summed E-state index contributed by atoms with van der Waals surface area (Å²) in [6.07, 6.45) is 2.03. The van der Waals surface area contributed by atoms with Crippen LogP contribution in [-0.2, 0) is 14.3 Å². The van der Waals surface area contributed by atoms with Crippen molar-refractivity contribution in [3.8, 4) is 0 Å². The second-order valence-electron chi connectivity index (χ2n) is 3.73. The molecular formula is C10H15NO3. The molecule has 1 aliphatic rings. The number of amides is 1. The zero-order chi connectivity index (χ0) is 10.9. The number of carbonyl (C=O) groups excluding carboxylic acids is 2. The largest absolute Gasteiger partial charge is 0.468 e. The Morgan fingerprint density at radius 2 is 2.14 bits per heavy atom. The van der Waals surface area contributed by atoms with Crippen LogP contribution >= 0.6 is 0 Å². The molecule has 0 saturated heterocycles. The Morgan fingerprint density at radius 1 is 1.57 bits per heavy atom. The van der Waals surface area contributed by atoms with Gasteiger partial charge in [0.2, 0.25) is 5.91 Å². The van der Waals surface area contributed by atoms with Crippen LogP contribution in [0.25, 0.3) is 0 Å². The molecule has 0 aromatic carbocycles. The van der Waals surface area contributed by atoms with Gasteiger partial charge in [0.15, 0.2) is 0 Å². The van der Waals surface area contributed by atoms with Gasteiger partial charge in [-0.15, -0.1) is 6.58 Å². The summed E-state index contributed by atoms with van der Waals surface area (Å²) in [4.78, 5) is 24.5. The maximum Gasteiger partial charge on any atom is 0.316 e. The van der Waals surface area contributed by atoms with Gasteiger partial charge in [0, 0.05) is 14.1 Å². The summed E-state index contributed by atoms with van der Waals surface area (Å²) in [6, 6.07) is 0. The molecule has 1 amide bonds. The first-order valence-corrected chi connectivity index (χ1v) is 4.42. The normalized spacial score (nSPS) is 29.2. The standard InChI is InChI=1S/C10H15NO3/c1-5-10(9(13)14-4)6-7(10)8(12)11(2)3/h5,7H,1,6H2,2-4H3/t7-,10+/m0/s1. The van der Waals surface area contributed by atoms with E-state index in [0.717, 1.165) is 0 Å². The maximum absolute atomic E-state index is 11.6. The first-order valence-electron chi connectivity index (χ1n) is 4.42. The number of ether oxygens (including phenoxy) is 1. The molecule has 4 heteroatoms. The van der Waals surface area contributed by atoms with Gasteiger partial charge >= 0.3 is 5.97 Å². The zero-order valence-electron chi connectivity index (χ0n) is 8.74. The Morgan fingerprint density at radius 3 is 2.50 bits per heavy atom. The summed E-state index contributed by atoms with van der Waals surface area (Å²) in [5, 5.41) is 0. The van der Waals surface area contributed by atoms with E-state index >= 15 is 0 Å². The highest BCUT2D eigenvalue weighted by atomic mass is 16.5. The van der Waals surface area contributed by atoms with Gasteiger partial charge in [-0.2, -0.15) is 0 Å². The molecule has 0 bridgehead atoms. The van der Waals surface area contributed by atoms with E-state index in [0.29, 0.717) is 6.42 Å². The van der Waals surface area contributed by atoms with Gasteiger partial charge in [-0.3, -0.25) is 9.59 Å². The van der Waals surface area contributed by atoms with Gasteiger partial charge in [-0.25, -0.2) is 0 Å². The summed E-state index contributed by atoms with van der Waals surface area (Å²) in [5.41, 5.74) is -0.768. The van der Waals surface area contributed by atoms with E-state index in [9.17, 15) is 9.59 Å². The second kappa shape index (κ2) is 3.44. The molecule has 0 aliphatic heterocycles. The van der Waals surface area contributed by atoms with Crippen LogP contribution in [0, 0.1) is 11.3 Å². The molecule has 0 aromatic rings. The van der Waals surface area contributed by atoms with E-state index < -0.39 is 5.41 Å². The lowest BCUT2D eigenvalue weighted by Gasteiger charge is -2.13. The minimum Gasteiger partial charge on any atom is -0.468 e.